The summed E-state index contributed by atoms with van der Waals surface area (Å²) in [6, 6.07) is 16.7. The van der Waals surface area contributed by atoms with E-state index in [1.165, 1.54) is 13.2 Å². The first kappa shape index (κ1) is 21.2. The third kappa shape index (κ3) is 4.50. The second-order valence-corrected chi connectivity index (χ2v) is 7.28. The molecule has 9 heteroatoms. The molecule has 2 N–H and O–H groups in total. The van der Waals surface area contributed by atoms with E-state index in [1.807, 2.05) is 6.07 Å². The van der Waals surface area contributed by atoms with Crippen LogP contribution in [0.15, 0.2) is 70.8 Å². The van der Waals surface area contributed by atoms with Crippen molar-refractivity contribution in [3.63, 3.8) is 0 Å². The predicted octanol–water partition coefficient (Wildman–Crippen LogP) is 4.14. The molecule has 4 rings (SSSR count). The first-order valence-electron chi connectivity index (χ1n) is 9.58. The van der Waals surface area contributed by atoms with E-state index in [0.29, 0.717) is 28.0 Å². The summed E-state index contributed by atoms with van der Waals surface area (Å²) in [7, 11) is 1.48. The molecule has 0 unspecified atom stereocenters. The van der Waals surface area contributed by atoms with Crippen LogP contribution in [0.1, 0.15) is 5.76 Å². The molecule has 0 aliphatic carbocycles. The second kappa shape index (κ2) is 8.99. The summed E-state index contributed by atoms with van der Waals surface area (Å²) in [6.45, 7) is -0.452. The first-order valence-corrected chi connectivity index (χ1v) is 9.95. The van der Waals surface area contributed by atoms with Crippen LogP contribution in [0.3, 0.4) is 0 Å². The highest BCUT2D eigenvalue weighted by molar-refractivity contribution is 6.30. The van der Waals surface area contributed by atoms with Crippen LogP contribution in [-0.4, -0.2) is 36.4 Å². The fourth-order valence-electron chi connectivity index (χ4n) is 3.17. The number of benzene rings is 2. The molecule has 0 radical (unpaired) electrons. The molecule has 0 saturated carbocycles. The summed E-state index contributed by atoms with van der Waals surface area (Å²) in [6.07, 6.45) is 1.41. The van der Waals surface area contributed by atoms with Crippen LogP contribution in [0.4, 0.5) is 10.5 Å². The zero-order chi connectivity index (χ0) is 22.7. The van der Waals surface area contributed by atoms with Crippen LogP contribution in [-0.2, 0) is 9.59 Å². The third-order valence-electron chi connectivity index (χ3n) is 4.67. The summed E-state index contributed by atoms with van der Waals surface area (Å²) >= 11 is 6.01. The van der Waals surface area contributed by atoms with Crippen molar-refractivity contribution < 1.29 is 23.5 Å². The standard InChI is InChI=1S/C23H18ClN3O5/c1-31-20-8-3-2-7-17(20)25-21(28)13-27-22(29)18(26-23(27)30)12-16-9-10-19(32-16)14-5-4-6-15(24)11-14/h2-12H,13H2,1H3,(H,25,28)(H,26,30)/b18-12+. The molecule has 0 spiro atoms. The van der Waals surface area contributed by atoms with E-state index in [1.54, 1.807) is 54.6 Å². The summed E-state index contributed by atoms with van der Waals surface area (Å²) < 4.78 is 10.9. The number of hydrogen-bond acceptors (Lipinski definition) is 5. The van der Waals surface area contributed by atoms with Crippen LogP contribution in [0.5, 0.6) is 5.75 Å². The lowest BCUT2D eigenvalue weighted by molar-refractivity contribution is -0.127. The fraction of sp³-hybridized carbons (Fsp3) is 0.0870. The van der Waals surface area contributed by atoms with Crippen molar-refractivity contribution in [1.82, 2.24) is 10.2 Å². The van der Waals surface area contributed by atoms with Gasteiger partial charge in [-0.15, -0.1) is 0 Å². The Morgan fingerprint density at radius 3 is 2.75 bits per heavy atom. The van der Waals surface area contributed by atoms with E-state index < -0.39 is 24.4 Å². The van der Waals surface area contributed by atoms with Crippen molar-refractivity contribution in [1.29, 1.82) is 0 Å². The van der Waals surface area contributed by atoms with Gasteiger partial charge in [-0.25, -0.2) is 9.69 Å². The number of ether oxygens (including phenoxy) is 1. The molecule has 1 aliphatic rings. The van der Waals surface area contributed by atoms with E-state index in [4.69, 9.17) is 20.8 Å². The molecule has 3 aromatic rings. The maximum Gasteiger partial charge on any atom is 0.329 e. The molecule has 8 nitrogen and oxygen atoms in total. The number of methoxy groups -OCH3 is 1. The Balaban J connectivity index is 1.46. The van der Waals surface area contributed by atoms with Crippen LogP contribution < -0.4 is 15.4 Å². The molecule has 32 heavy (non-hydrogen) atoms. The minimum absolute atomic E-state index is 0.00656. The highest BCUT2D eigenvalue weighted by Crippen LogP contribution is 2.26. The minimum Gasteiger partial charge on any atom is -0.495 e. The molecule has 1 aromatic heterocycles. The van der Waals surface area contributed by atoms with Crippen LogP contribution in [0.25, 0.3) is 17.4 Å². The maximum absolute atomic E-state index is 12.7. The van der Waals surface area contributed by atoms with Crippen molar-refractivity contribution >= 4 is 41.2 Å². The molecular weight excluding hydrogens is 434 g/mol. The summed E-state index contributed by atoms with van der Waals surface area (Å²) in [5.41, 5.74) is 1.22. The van der Waals surface area contributed by atoms with E-state index >= 15 is 0 Å². The number of imide groups is 1. The largest absolute Gasteiger partial charge is 0.495 e. The second-order valence-electron chi connectivity index (χ2n) is 6.84. The number of nitrogens with one attached hydrogen (secondary N) is 2. The third-order valence-corrected chi connectivity index (χ3v) is 4.90. The lowest BCUT2D eigenvalue weighted by Gasteiger charge is -2.13. The number of para-hydroxylation sites is 2. The average molecular weight is 452 g/mol. The maximum atomic E-state index is 12.7. The molecule has 1 aliphatic heterocycles. The molecule has 4 amide bonds. The van der Waals surface area contributed by atoms with Gasteiger partial charge in [-0.1, -0.05) is 35.9 Å². The monoisotopic (exact) mass is 451 g/mol. The molecule has 2 heterocycles. The van der Waals surface area contributed by atoms with Gasteiger partial charge in [0.15, 0.2) is 0 Å². The molecule has 162 valence electrons. The number of nitrogens with zero attached hydrogens (tertiary/aromatic N) is 1. The van der Waals surface area contributed by atoms with Crippen LogP contribution >= 0.6 is 11.6 Å². The van der Waals surface area contributed by atoms with Gasteiger partial charge < -0.3 is 19.8 Å². The van der Waals surface area contributed by atoms with Gasteiger partial charge in [-0.2, -0.15) is 0 Å². The SMILES string of the molecule is COc1ccccc1NC(=O)CN1C(=O)N/C(=C/c2ccc(-c3cccc(Cl)c3)o2)C1=O. The normalized spacial score (nSPS) is 14.6. The Bertz CT molecular complexity index is 1230. The summed E-state index contributed by atoms with van der Waals surface area (Å²) in [5, 5.41) is 5.67. The molecule has 1 saturated heterocycles. The van der Waals surface area contributed by atoms with Gasteiger partial charge in [-0.05, 0) is 36.4 Å². The van der Waals surface area contributed by atoms with Gasteiger partial charge in [0, 0.05) is 16.7 Å². The average Bonchev–Trinajstić information content (AvgIpc) is 3.34. The number of carbonyl (C=O) groups is 3. The number of hydrogen-bond donors (Lipinski definition) is 2. The van der Waals surface area contributed by atoms with Gasteiger partial charge in [0.05, 0.1) is 12.8 Å². The Kier molecular flexibility index (Phi) is 5.96. The van der Waals surface area contributed by atoms with E-state index in [0.717, 1.165) is 10.5 Å². The Hall–Kier alpha value is -4.04. The number of furan rings is 1. The number of anilines is 1. The van der Waals surface area contributed by atoms with Crippen LogP contribution in [0, 0.1) is 0 Å². The number of rotatable bonds is 6. The predicted molar refractivity (Wildman–Crippen MR) is 119 cm³/mol. The highest BCUT2D eigenvalue weighted by atomic mass is 35.5. The highest BCUT2D eigenvalue weighted by Gasteiger charge is 2.35. The topological polar surface area (TPSA) is 101 Å². The quantitative estimate of drug-likeness (QED) is 0.433. The van der Waals surface area contributed by atoms with Crippen molar-refractivity contribution in [2.75, 3.05) is 19.0 Å². The summed E-state index contributed by atoms with van der Waals surface area (Å²) in [4.78, 5) is 38.1. The molecule has 0 bridgehead atoms. The lowest BCUT2D eigenvalue weighted by atomic mass is 10.2. The zero-order valence-electron chi connectivity index (χ0n) is 16.9. The fourth-order valence-corrected chi connectivity index (χ4v) is 3.36. The lowest BCUT2D eigenvalue weighted by Crippen LogP contribution is -2.38. The van der Waals surface area contributed by atoms with Crippen molar-refractivity contribution in [2.24, 2.45) is 0 Å². The van der Waals surface area contributed by atoms with Gasteiger partial charge in [0.1, 0.15) is 29.5 Å². The summed E-state index contributed by atoms with van der Waals surface area (Å²) in [5.74, 6) is 0.214. The number of carbonyl (C=O) groups excluding carboxylic acids is 3. The number of amides is 4. The van der Waals surface area contributed by atoms with Crippen molar-refractivity contribution in [3.05, 3.63) is 77.1 Å². The van der Waals surface area contributed by atoms with E-state index in [9.17, 15) is 14.4 Å². The van der Waals surface area contributed by atoms with Crippen molar-refractivity contribution in [3.8, 4) is 17.1 Å². The molecular formula is C23H18ClN3O5. The van der Waals surface area contributed by atoms with Gasteiger partial charge in [0.2, 0.25) is 5.91 Å². The van der Waals surface area contributed by atoms with E-state index in [-0.39, 0.29) is 5.70 Å². The minimum atomic E-state index is -0.696. The van der Waals surface area contributed by atoms with Gasteiger partial charge in [-0.3, -0.25) is 9.59 Å². The van der Waals surface area contributed by atoms with Crippen LogP contribution in [0.2, 0.25) is 5.02 Å². The van der Waals surface area contributed by atoms with E-state index in [2.05, 4.69) is 10.6 Å². The smallest absolute Gasteiger partial charge is 0.329 e. The first-order chi connectivity index (χ1) is 15.4. The van der Waals surface area contributed by atoms with Gasteiger partial charge in [0.25, 0.3) is 5.91 Å². The Morgan fingerprint density at radius 2 is 1.97 bits per heavy atom. The Morgan fingerprint density at radius 1 is 1.16 bits per heavy atom. The molecule has 2 aromatic carbocycles. The van der Waals surface area contributed by atoms with Gasteiger partial charge >= 0.3 is 6.03 Å². The molecule has 0 atom stereocenters. The number of urea groups is 1. The van der Waals surface area contributed by atoms with Crippen molar-refractivity contribution in [2.45, 2.75) is 0 Å². The molecule has 1 fully saturated rings. The zero-order valence-corrected chi connectivity index (χ0v) is 17.7. The number of halogens is 1. The Labute approximate surface area is 188 Å².